The molecule has 15 aromatic rings. The number of carbonyl (C=O) groups is 5. The number of nitrogen functional groups attached to an aromatic ring is 5. The Kier molecular flexibility index (Phi) is 25.3. The first kappa shape index (κ1) is 90.4. The summed E-state index contributed by atoms with van der Waals surface area (Å²) in [5, 5.41) is 21.9. The fourth-order valence-corrected chi connectivity index (χ4v) is 17.5. The molecule has 0 saturated carbocycles. The zero-order chi connectivity index (χ0) is 116. The van der Waals surface area contributed by atoms with Gasteiger partial charge in [0.2, 0.25) is 0 Å². The van der Waals surface area contributed by atoms with Crippen molar-refractivity contribution >= 4 is 87.7 Å². The first-order valence-electron chi connectivity index (χ1n) is 50.2. The van der Waals surface area contributed by atoms with Gasteiger partial charge in [-0.2, -0.15) is 0 Å². The zero-order valence-corrected chi connectivity index (χ0v) is 81.8. The second kappa shape index (κ2) is 42.0. The number of hydrogen-bond donors (Lipinski definition) is 5. The average Bonchev–Trinajstić information content (AvgIpc) is 1.02. The summed E-state index contributed by atoms with van der Waals surface area (Å²) in [4.78, 5) is 111. The van der Waals surface area contributed by atoms with Crippen molar-refractivity contribution in [2.45, 2.75) is 97.8 Å². The minimum atomic E-state index is -3.16. The zero-order valence-electron chi connectivity index (χ0n) is 91.8. The molecule has 10 aromatic heterocycles. The van der Waals surface area contributed by atoms with Crippen molar-refractivity contribution in [2.75, 3.05) is 63.8 Å². The van der Waals surface area contributed by atoms with Gasteiger partial charge in [0.15, 0.2) is 57.8 Å². The summed E-state index contributed by atoms with van der Waals surface area (Å²) < 4.78 is 187. The van der Waals surface area contributed by atoms with Crippen molar-refractivity contribution in [3.8, 4) is 84.4 Å². The summed E-state index contributed by atoms with van der Waals surface area (Å²) >= 11 is 0. The fourth-order valence-electron chi connectivity index (χ4n) is 17.5. The van der Waals surface area contributed by atoms with Crippen LogP contribution in [0.1, 0.15) is 187 Å². The third-order valence-electron chi connectivity index (χ3n) is 24.7. The van der Waals surface area contributed by atoms with Gasteiger partial charge in [0, 0.05) is 162 Å². The van der Waals surface area contributed by atoms with Gasteiger partial charge in [-0.05, 0) is 184 Å². The number of fused-ring (bicyclic) bond motifs is 25. The predicted octanol–water partition coefficient (Wildman–Crippen LogP) is 17.4. The van der Waals surface area contributed by atoms with Gasteiger partial charge in [-0.1, -0.05) is 32.9 Å². The SMILES string of the molecule is [2H]C([2H])([2H])N1Cc2nn(C)c([N+]#[C-])c2-c2cnc(N)c(c2)O[C@H](C)c2cc(F)ccc2C1=O.[2H]C([2H])([2H])N1Cc2nn(C)c([N+]#[C-])c2-c2cnc(N)c(c2)O[C@H](C)c2cc(F)ccc2C1=O.[2H]C([2H])([2H])[C@]1([2H])Oc2cc(cnc2N)-c2c(nn(C)c2[N+]#[C-])CN(C)C(=O)c2ccc(F)cc21.[C-]#[N+]c1c2c(nn1C)CN(C)C(=O)c1ccc(F)cc1[C@@H](C)Oc1cc-2cnc1N.[C-]#[N+]c1c2c(nn1C)CN(C)C(=O)c1ccc(F)cc1[C@@H](C)Oc1cc-2cnc1N. The number of pyridine rings is 5. The number of anilines is 5. The lowest BCUT2D eigenvalue weighted by Gasteiger charge is -2.23. The van der Waals surface area contributed by atoms with Crippen molar-refractivity contribution in [3.63, 3.8) is 0 Å². The van der Waals surface area contributed by atoms with Gasteiger partial charge in [-0.15, -0.1) is 25.5 Å². The van der Waals surface area contributed by atoms with E-state index in [0.29, 0.717) is 116 Å². The molecule has 0 aliphatic carbocycles. The molecule has 150 heavy (non-hydrogen) atoms. The number of hydrogen-bond acceptors (Lipinski definition) is 25. The molecule has 760 valence electrons. The molecule has 40 nitrogen and oxygen atoms in total. The normalized spacial score (nSPS) is 17.6. The van der Waals surface area contributed by atoms with Crippen LogP contribution in [0.5, 0.6) is 28.7 Å². The highest BCUT2D eigenvalue weighted by Crippen LogP contribution is 2.47. The predicted molar refractivity (Wildman–Crippen MR) is 542 cm³/mol. The van der Waals surface area contributed by atoms with Crippen LogP contribution in [0.3, 0.4) is 0 Å². The van der Waals surface area contributed by atoms with E-state index in [-0.39, 0.29) is 146 Å². The van der Waals surface area contributed by atoms with Crippen molar-refractivity contribution in [1.29, 1.82) is 0 Å². The van der Waals surface area contributed by atoms with Crippen molar-refractivity contribution in [3.05, 3.63) is 323 Å². The van der Waals surface area contributed by atoms with Crippen LogP contribution < -0.4 is 52.4 Å². The molecule has 5 aromatic carbocycles. The number of nitrogens with zero attached hydrogens (tertiary/aromatic N) is 25. The second-order valence-electron chi connectivity index (χ2n) is 34.8. The molecule has 5 amide bonds. The van der Waals surface area contributed by atoms with Crippen LogP contribution in [0.15, 0.2) is 152 Å². The highest BCUT2D eigenvalue weighted by molar-refractivity contribution is 6.00. The van der Waals surface area contributed by atoms with Crippen LogP contribution in [-0.2, 0) is 68.0 Å². The number of ether oxygens (including phenoxy) is 5. The lowest BCUT2D eigenvalue weighted by atomic mass is 10.0. The summed E-state index contributed by atoms with van der Waals surface area (Å²) in [6.45, 7) is 35.0. The summed E-state index contributed by atoms with van der Waals surface area (Å²) in [6, 6.07) is 25.5. The van der Waals surface area contributed by atoms with E-state index in [1.165, 1.54) is 118 Å². The van der Waals surface area contributed by atoms with Crippen molar-refractivity contribution < 1.29 is 83.3 Å². The number of carbonyl (C=O) groups excluding carboxylic acids is 5. The summed E-state index contributed by atoms with van der Waals surface area (Å²) in [5.41, 5.74) is 37.2. The van der Waals surface area contributed by atoms with Crippen LogP contribution in [0, 0.1) is 61.9 Å². The largest absolute Gasteiger partial charge is 0.482 e. The lowest BCUT2D eigenvalue weighted by Crippen LogP contribution is -2.28. The van der Waals surface area contributed by atoms with E-state index in [2.05, 4.69) is 74.6 Å². The molecule has 0 saturated heterocycles. The molecule has 5 aliphatic heterocycles. The van der Waals surface area contributed by atoms with Gasteiger partial charge >= 0.3 is 0 Å². The first-order chi connectivity index (χ1) is 75.5. The maximum absolute atomic E-state index is 14.3. The Labute approximate surface area is 869 Å². The molecule has 10 bridgehead atoms. The average molecular weight is 2040 g/mol. The lowest BCUT2D eigenvalue weighted by molar-refractivity contribution is 0.0771. The monoisotopic (exact) mass is 2040 g/mol. The molecule has 0 radical (unpaired) electrons. The Balaban J connectivity index is 0.000000141. The summed E-state index contributed by atoms with van der Waals surface area (Å²) in [7, 11) is 12.7. The molecule has 45 heteroatoms. The van der Waals surface area contributed by atoms with Crippen LogP contribution in [-0.4, -0.2) is 163 Å². The van der Waals surface area contributed by atoms with Crippen molar-refractivity contribution in [2.24, 2.45) is 35.2 Å². The van der Waals surface area contributed by atoms with Gasteiger partial charge in [0.1, 0.15) is 88.1 Å². The molecule has 15 heterocycles. The topological polar surface area (TPSA) is 453 Å². The number of amides is 5. The third-order valence-corrected chi connectivity index (χ3v) is 24.7. The molecule has 0 fully saturated rings. The summed E-state index contributed by atoms with van der Waals surface area (Å²) in [6.07, 6.45) is 1.31. The molecular weight excluding hydrogens is 1940 g/mol. The van der Waals surface area contributed by atoms with E-state index in [1.807, 2.05) is 0 Å². The maximum Gasteiger partial charge on any atom is 0.260 e. The standard InChI is InChI=1S/5C21H19FN6O2/c5*1-11-15-8-13(22)5-6-14(15)21(29)27(3)10-16-18(20(24-2)28(4)26-16)12-7-17(30-11)19(23)25-9-12/h5*5-9,11H,10H2,1,3-4H3,(H2,23,25)/t5*11-/m11110/s1/i2*3D3;;;1D3,11D. The molecule has 5 aliphatic rings. The summed E-state index contributed by atoms with van der Waals surface area (Å²) in [5.74, 6) is -4.14. The third kappa shape index (κ3) is 20.3. The van der Waals surface area contributed by atoms with Gasteiger partial charge in [0.05, 0.1) is 69.3 Å². The van der Waals surface area contributed by atoms with Crippen LogP contribution in [0.2, 0.25) is 0 Å². The second-order valence-corrected chi connectivity index (χ2v) is 34.8. The van der Waals surface area contributed by atoms with E-state index >= 15 is 0 Å². The first-order valence-corrected chi connectivity index (χ1v) is 45.2. The number of aromatic nitrogens is 15. The molecule has 20 rings (SSSR count). The number of aryl methyl sites for hydroxylation is 5. The molecular formula is C105H95F5N30O10. The minimum Gasteiger partial charge on any atom is -0.482 e. The Morgan fingerprint density at radius 1 is 0.307 bits per heavy atom. The van der Waals surface area contributed by atoms with Gasteiger partial charge in [0.25, 0.3) is 58.6 Å². The highest BCUT2D eigenvalue weighted by atomic mass is 19.1. The smallest absolute Gasteiger partial charge is 0.260 e. The maximum atomic E-state index is 14.3. The Hall–Kier alpha value is -19.6. The number of nitrogens with two attached hydrogens (primary N) is 5. The highest BCUT2D eigenvalue weighted by Gasteiger charge is 2.37. The van der Waals surface area contributed by atoms with E-state index in [9.17, 15) is 45.9 Å². The van der Waals surface area contributed by atoms with Gasteiger partial charge in [-0.25, -0.2) is 70.3 Å². The van der Waals surface area contributed by atoms with Crippen LogP contribution >= 0.6 is 0 Å². The Morgan fingerprint density at radius 3 is 0.707 bits per heavy atom. The number of rotatable bonds is 0. The molecule has 0 spiro atoms. The van der Waals surface area contributed by atoms with Gasteiger partial charge < -0.3 is 101 Å². The quantitative estimate of drug-likeness (QED) is 0.0695. The number of halogens is 5. The number of benzene rings is 5. The van der Waals surface area contributed by atoms with Crippen molar-refractivity contribution in [1.82, 2.24) is 98.3 Å². The van der Waals surface area contributed by atoms with E-state index < -0.39 is 117 Å². The Bertz CT molecular complexity index is 8330. The Morgan fingerprint density at radius 2 is 0.500 bits per heavy atom. The molecule has 0 unspecified atom stereocenters. The van der Waals surface area contributed by atoms with E-state index in [0.717, 1.165) is 42.5 Å². The molecule has 5 atom stereocenters. The van der Waals surface area contributed by atoms with Gasteiger partial charge in [-0.3, -0.25) is 24.0 Å². The van der Waals surface area contributed by atoms with Crippen LogP contribution in [0.4, 0.5) is 80.1 Å². The molecule has 10 N–H and O–H groups in total. The minimum absolute atomic E-state index is 0.0360. The fraction of sp³-hybridized carbons (Fsp3) is 0.238. The van der Waals surface area contributed by atoms with Crippen LogP contribution in [0.25, 0.3) is 79.9 Å². The van der Waals surface area contributed by atoms with E-state index in [4.69, 9.17) is 98.9 Å². The van der Waals surface area contributed by atoms with E-state index in [1.54, 1.807) is 114 Å².